The minimum atomic E-state index is -0.0922. The molecule has 1 saturated carbocycles. The Bertz CT molecular complexity index is 518. The zero-order valence-electron chi connectivity index (χ0n) is 11.8. The van der Waals surface area contributed by atoms with Gasteiger partial charge < -0.3 is 16.0 Å². The van der Waals surface area contributed by atoms with Gasteiger partial charge in [0.2, 0.25) is 11.8 Å². The van der Waals surface area contributed by atoms with Gasteiger partial charge in [0.25, 0.3) is 0 Å². The van der Waals surface area contributed by atoms with E-state index in [1.54, 1.807) is 6.20 Å². The molecule has 0 radical (unpaired) electrons. The average molecular weight is 292 g/mol. The van der Waals surface area contributed by atoms with Gasteiger partial charge in [0.15, 0.2) is 5.82 Å². The highest BCUT2D eigenvalue weighted by Gasteiger charge is 2.25. The van der Waals surface area contributed by atoms with E-state index in [2.05, 4.69) is 26.3 Å². The van der Waals surface area contributed by atoms with Gasteiger partial charge >= 0.3 is 0 Å². The molecule has 8 nitrogen and oxygen atoms in total. The molecule has 1 saturated heterocycles. The van der Waals surface area contributed by atoms with Crippen LogP contribution in [0.2, 0.25) is 0 Å². The Labute approximate surface area is 122 Å². The van der Waals surface area contributed by atoms with E-state index in [-0.39, 0.29) is 30.3 Å². The summed E-state index contributed by atoms with van der Waals surface area (Å²) in [6.07, 6.45) is 5.53. The van der Waals surface area contributed by atoms with Gasteiger partial charge in [-0.15, -0.1) is 5.10 Å². The summed E-state index contributed by atoms with van der Waals surface area (Å²) < 4.78 is 1.44. The van der Waals surface area contributed by atoms with Crippen molar-refractivity contribution in [2.24, 2.45) is 5.92 Å². The maximum Gasteiger partial charge on any atom is 0.242 e. The van der Waals surface area contributed by atoms with Crippen LogP contribution in [-0.4, -0.2) is 45.9 Å². The van der Waals surface area contributed by atoms with Crippen LogP contribution in [0.4, 0.5) is 5.82 Å². The number of anilines is 1. The van der Waals surface area contributed by atoms with E-state index in [0.717, 1.165) is 38.8 Å². The molecule has 1 aliphatic carbocycles. The Morgan fingerprint density at radius 1 is 1.38 bits per heavy atom. The SMILES string of the molecule is O=C(Cn1cc(NC(=O)C2CCC2)nn1)NC1CCNC1. The molecule has 8 heteroatoms. The Balaban J connectivity index is 1.47. The molecule has 2 fully saturated rings. The first-order chi connectivity index (χ1) is 10.2. The lowest BCUT2D eigenvalue weighted by Gasteiger charge is -2.23. The minimum absolute atomic E-state index is 0.00483. The van der Waals surface area contributed by atoms with Crippen LogP contribution in [0.3, 0.4) is 0 Å². The van der Waals surface area contributed by atoms with Crippen LogP contribution in [0.25, 0.3) is 0 Å². The maximum absolute atomic E-state index is 11.8. The lowest BCUT2D eigenvalue weighted by Crippen LogP contribution is -2.38. The Kier molecular flexibility index (Phi) is 4.14. The number of carbonyl (C=O) groups excluding carboxylic acids is 2. The van der Waals surface area contributed by atoms with Crippen molar-refractivity contribution in [3.63, 3.8) is 0 Å². The van der Waals surface area contributed by atoms with Crippen molar-refractivity contribution >= 4 is 17.6 Å². The van der Waals surface area contributed by atoms with E-state index in [9.17, 15) is 9.59 Å². The highest BCUT2D eigenvalue weighted by Crippen LogP contribution is 2.27. The van der Waals surface area contributed by atoms with E-state index < -0.39 is 0 Å². The van der Waals surface area contributed by atoms with Gasteiger partial charge in [-0.2, -0.15) is 0 Å². The Morgan fingerprint density at radius 3 is 2.90 bits per heavy atom. The molecule has 0 spiro atoms. The van der Waals surface area contributed by atoms with Crippen molar-refractivity contribution in [3.8, 4) is 0 Å². The van der Waals surface area contributed by atoms with E-state index in [1.807, 2.05) is 0 Å². The second-order valence-electron chi connectivity index (χ2n) is 5.68. The number of carbonyl (C=O) groups is 2. The maximum atomic E-state index is 11.8. The number of rotatable bonds is 5. The third-order valence-electron chi connectivity index (χ3n) is 4.00. The number of nitrogens with zero attached hydrogens (tertiary/aromatic N) is 3. The summed E-state index contributed by atoms with van der Waals surface area (Å²) in [6, 6.07) is 0.193. The van der Waals surface area contributed by atoms with E-state index in [0.29, 0.717) is 5.82 Å². The molecule has 1 unspecified atom stereocenters. The third-order valence-corrected chi connectivity index (χ3v) is 4.00. The monoisotopic (exact) mass is 292 g/mol. The fourth-order valence-electron chi connectivity index (χ4n) is 2.53. The van der Waals surface area contributed by atoms with Gasteiger partial charge in [0.05, 0.1) is 6.20 Å². The van der Waals surface area contributed by atoms with Crippen LogP contribution >= 0.6 is 0 Å². The number of aromatic nitrogens is 3. The molecule has 3 rings (SSSR count). The number of hydrogen-bond donors (Lipinski definition) is 3. The van der Waals surface area contributed by atoms with Crippen molar-refractivity contribution in [3.05, 3.63) is 6.20 Å². The van der Waals surface area contributed by atoms with Crippen molar-refractivity contribution < 1.29 is 9.59 Å². The average Bonchev–Trinajstić information content (AvgIpc) is 2.99. The first kappa shape index (κ1) is 14.0. The largest absolute Gasteiger partial charge is 0.350 e. The van der Waals surface area contributed by atoms with Crippen LogP contribution in [0.5, 0.6) is 0 Å². The number of nitrogens with one attached hydrogen (secondary N) is 3. The summed E-state index contributed by atoms with van der Waals surface area (Å²) in [7, 11) is 0. The normalized spacial score (nSPS) is 21.8. The molecule has 1 aromatic rings. The predicted octanol–water partition coefficient (Wildman–Crippen LogP) is -0.505. The molecule has 1 aliphatic heterocycles. The van der Waals surface area contributed by atoms with Crippen molar-refractivity contribution in [2.75, 3.05) is 18.4 Å². The standard InChI is InChI=1S/C13H20N6O2/c20-12(15-10-4-5-14-6-10)8-19-7-11(17-18-19)16-13(21)9-2-1-3-9/h7,9-10,14H,1-6,8H2,(H,15,20)(H,16,21). The fraction of sp³-hybridized carbons (Fsp3) is 0.692. The van der Waals surface area contributed by atoms with E-state index >= 15 is 0 Å². The van der Waals surface area contributed by atoms with Crippen LogP contribution < -0.4 is 16.0 Å². The molecule has 3 N–H and O–H groups in total. The molecule has 1 atom stereocenters. The smallest absolute Gasteiger partial charge is 0.242 e. The number of hydrogen-bond acceptors (Lipinski definition) is 5. The molecule has 0 aromatic carbocycles. The molecule has 2 heterocycles. The molecule has 2 amide bonds. The van der Waals surface area contributed by atoms with Crippen molar-refractivity contribution in [1.82, 2.24) is 25.6 Å². The second kappa shape index (κ2) is 6.21. The van der Waals surface area contributed by atoms with E-state index in [4.69, 9.17) is 0 Å². The van der Waals surface area contributed by atoms with Gasteiger partial charge in [0, 0.05) is 18.5 Å². The highest BCUT2D eigenvalue weighted by molar-refractivity contribution is 5.92. The zero-order valence-corrected chi connectivity index (χ0v) is 11.8. The predicted molar refractivity (Wildman–Crippen MR) is 75.4 cm³/mol. The summed E-state index contributed by atoms with van der Waals surface area (Å²) in [5.74, 6) is 0.413. The van der Waals surface area contributed by atoms with Gasteiger partial charge in [-0.25, -0.2) is 4.68 Å². The summed E-state index contributed by atoms with van der Waals surface area (Å²) in [5.41, 5.74) is 0. The topological polar surface area (TPSA) is 101 Å². The summed E-state index contributed by atoms with van der Waals surface area (Å²) in [5, 5.41) is 16.6. The molecular formula is C13H20N6O2. The lowest BCUT2D eigenvalue weighted by molar-refractivity contribution is -0.123. The van der Waals surface area contributed by atoms with Gasteiger partial charge in [-0.05, 0) is 25.8 Å². The molecule has 1 aromatic heterocycles. The summed E-state index contributed by atoms with van der Waals surface area (Å²) in [4.78, 5) is 23.6. The summed E-state index contributed by atoms with van der Waals surface area (Å²) >= 11 is 0. The Hall–Kier alpha value is -1.96. The zero-order chi connectivity index (χ0) is 14.7. The third kappa shape index (κ3) is 3.57. The quantitative estimate of drug-likeness (QED) is 0.679. The molecule has 2 aliphatic rings. The number of amides is 2. The highest BCUT2D eigenvalue weighted by atomic mass is 16.2. The first-order valence-corrected chi connectivity index (χ1v) is 7.42. The Morgan fingerprint density at radius 2 is 2.24 bits per heavy atom. The molecular weight excluding hydrogens is 272 g/mol. The summed E-state index contributed by atoms with van der Waals surface area (Å²) in [6.45, 7) is 1.86. The van der Waals surface area contributed by atoms with Crippen molar-refractivity contribution in [1.29, 1.82) is 0 Å². The minimum Gasteiger partial charge on any atom is -0.350 e. The van der Waals surface area contributed by atoms with Crippen LogP contribution in [0.15, 0.2) is 6.20 Å². The second-order valence-corrected chi connectivity index (χ2v) is 5.68. The van der Waals surface area contributed by atoms with Crippen LogP contribution in [0, 0.1) is 5.92 Å². The lowest BCUT2D eigenvalue weighted by atomic mass is 9.85. The molecule has 21 heavy (non-hydrogen) atoms. The van der Waals surface area contributed by atoms with Gasteiger partial charge in [0.1, 0.15) is 6.54 Å². The van der Waals surface area contributed by atoms with Gasteiger partial charge in [-0.1, -0.05) is 11.6 Å². The fourth-order valence-corrected chi connectivity index (χ4v) is 2.53. The van der Waals surface area contributed by atoms with Crippen LogP contribution in [0.1, 0.15) is 25.7 Å². The molecule has 114 valence electrons. The molecule has 0 bridgehead atoms. The van der Waals surface area contributed by atoms with Crippen LogP contribution in [-0.2, 0) is 16.1 Å². The van der Waals surface area contributed by atoms with Gasteiger partial charge in [-0.3, -0.25) is 9.59 Å². The van der Waals surface area contributed by atoms with Crippen molar-refractivity contribution in [2.45, 2.75) is 38.3 Å². The van der Waals surface area contributed by atoms with E-state index in [1.165, 1.54) is 4.68 Å². The first-order valence-electron chi connectivity index (χ1n) is 7.42.